The lowest BCUT2D eigenvalue weighted by molar-refractivity contribution is 0.0698. The molecule has 3 aromatic carbocycles. The van der Waals surface area contributed by atoms with E-state index in [9.17, 15) is 9.90 Å². The van der Waals surface area contributed by atoms with E-state index in [0.717, 1.165) is 60.9 Å². The Labute approximate surface area is 347 Å². The summed E-state index contributed by atoms with van der Waals surface area (Å²) in [6.07, 6.45) is 2.75. The van der Waals surface area contributed by atoms with E-state index < -0.39 is 5.97 Å². The predicted octanol–water partition coefficient (Wildman–Crippen LogP) is 9.14. The molecule has 1 aliphatic rings. The van der Waals surface area contributed by atoms with Crippen molar-refractivity contribution in [3.8, 4) is 22.6 Å². The highest BCUT2D eigenvalue weighted by molar-refractivity contribution is 6.35. The number of fused-ring (bicyclic) bond motifs is 4. The average molecular weight is 831 g/mol. The van der Waals surface area contributed by atoms with Crippen LogP contribution in [0.15, 0.2) is 42.6 Å². The van der Waals surface area contributed by atoms with Gasteiger partial charge in [0.15, 0.2) is 0 Å². The van der Waals surface area contributed by atoms with Gasteiger partial charge in [-0.1, -0.05) is 29.3 Å². The molecule has 0 spiro atoms. The molecule has 12 nitrogen and oxygen atoms in total. The summed E-state index contributed by atoms with van der Waals surface area (Å²) in [4.78, 5) is 29.9. The van der Waals surface area contributed by atoms with Crippen molar-refractivity contribution in [2.24, 2.45) is 7.05 Å². The quantitative estimate of drug-likeness (QED) is 0.102. The fourth-order valence-electron chi connectivity index (χ4n) is 8.40. The number of aryl methyl sites for hydroxylation is 5. The lowest BCUT2D eigenvalue weighted by atomic mass is 9.98. The van der Waals surface area contributed by atoms with Crippen molar-refractivity contribution in [1.29, 1.82) is 0 Å². The number of methoxy groups -OCH3 is 2. The van der Waals surface area contributed by atoms with Gasteiger partial charge in [-0.25, -0.2) is 4.79 Å². The fourth-order valence-corrected chi connectivity index (χ4v) is 8.75. The molecule has 0 unspecified atom stereocenters. The summed E-state index contributed by atoms with van der Waals surface area (Å²) in [7, 11) is 5.10. The van der Waals surface area contributed by atoms with E-state index >= 15 is 4.79 Å². The molecule has 1 atom stereocenters. The molecule has 0 radical (unpaired) electrons. The van der Waals surface area contributed by atoms with Crippen LogP contribution in [0.2, 0.25) is 10.0 Å². The number of hydrogen-bond acceptors (Lipinski definition) is 7. The highest BCUT2D eigenvalue weighted by Gasteiger charge is 2.38. The normalized spacial score (nSPS) is 14.2. The molecule has 7 rings (SSSR count). The predicted molar refractivity (Wildman–Crippen MR) is 228 cm³/mol. The molecule has 0 fully saturated rings. The summed E-state index contributed by atoms with van der Waals surface area (Å²) < 4.78 is 28.9. The topological polar surface area (TPSA) is 122 Å². The molecule has 1 amide bonds. The molecular weight excluding hydrogens is 781 g/mol. The smallest absolute Gasteiger partial charge is 0.337 e. The minimum absolute atomic E-state index is 0.101. The van der Waals surface area contributed by atoms with Crippen molar-refractivity contribution in [1.82, 2.24) is 18.9 Å². The maximum absolute atomic E-state index is 15.5. The zero-order valence-electron chi connectivity index (χ0n) is 34.2. The van der Waals surface area contributed by atoms with Gasteiger partial charge in [-0.3, -0.25) is 9.48 Å². The zero-order valence-corrected chi connectivity index (χ0v) is 35.7. The number of hydrogen-bond donors (Lipinski definition) is 1. The van der Waals surface area contributed by atoms with Crippen LogP contribution >= 0.6 is 23.2 Å². The Bertz CT molecular complexity index is 2550. The van der Waals surface area contributed by atoms with Gasteiger partial charge < -0.3 is 38.1 Å². The van der Waals surface area contributed by atoms with Crippen LogP contribution in [0, 0.1) is 27.7 Å². The second-order valence-electron chi connectivity index (χ2n) is 15.0. The summed E-state index contributed by atoms with van der Waals surface area (Å²) in [6, 6.07) is 11.1. The number of carboxylic acid groups (broad SMARTS) is 1. The lowest BCUT2D eigenvalue weighted by Crippen LogP contribution is -2.43. The van der Waals surface area contributed by atoms with E-state index in [0.29, 0.717) is 78.8 Å². The molecule has 4 heterocycles. The minimum atomic E-state index is -1.08. The molecule has 1 aliphatic heterocycles. The van der Waals surface area contributed by atoms with Gasteiger partial charge in [0.25, 0.3) is 5.91 Å². The second kappa shape index (κ2) is 16.7. The van der Waals surface area contributed by atoms with E-state index in [1.165, 1.54) is 0 Å². The third-order valence-electron chi connectivity index (χ3n) is 11.1. The number of benzene rings is 3. The summed E-state index contributed by atoms with van der Waals surface area (Å²) in [5, 5.41) is 17.7. The number of ether oxygens (including phenoxy) is 4. The summed E-state index contributed by atoms with van der Waals surface area (Å²) in [5.74, 6) is -0.134. The molecule has 0 bridgehead atoms. The number of aromatic nitrogens is 4. The number of amides is 1. The number of halogens is 2. The molecule has 6 aromatic rings. The van der Waals surface area contributed by atoms with Crippen LogP contribution in [0.3, 0.4) is 0 Å². The first-order valence-electron chi connectivity index (χ1n) is 19.3. The van der Waals surface area contributed by atoms with E-state index in [1.807, 2.05) is 74.3 Å². The van der Waals surface area contributed by atoms with E-state index in [-0.39, 0.29) is 24.1 Å². The molecule has 3 aromatic heterocycles. The minimum Gasteiger partial charge on any atom is -0.494 e. The molecule has 1 N–H and O–H groups in total. The SMILES string of the molecule is COCCOc1cc(N2C[C@@H](C)n3c(c(CCCOc4cc(C)c(Cl)c(C)c4)c4ccc(Cl)c(-c5c(C)nn(C)c5C)c43)C2=O)c2c(c1)c(C(=O)O)cn2CCOC. The third-order valence-corrected chi connectivity index (χ3v) is 12.0. The van der Waals surface area contributed by atoms with Crippen molar-refractivity contribution >= 4 is 62.6 Å². The Morgan fingerprint density at radius 1 is 0.897 bits per heavy atom. The molecule has 0 aliphatic carbocycles. The maximum Gasteiger partial charge on any atom is 0.337 e. The van der Waals surface area contributed by atoms with Crippen molar-refractivity contribution in [3.63, 3.8) is 0 Å². The second-order valence-corrected chi connectivity index (χ2v) is 15.8. The first-order valence-corrected chi connectivity index (χ1v) is 20.1. The average Bonchev–Trinajstić information content (AvgIpc) is 3.81. The lowest BCUT2D eigenvalue weighted by Gasteiger charge is -2.35. The van der Waals surface area contributed by atoms with Crippen LogP contribution < -0.4 is 14.4 Å². The zero-order chi connectivity index (χ0) is 41.6. The van der Waals surface area contributed by atoms with Gasteiger partial charge in [-0.2, -0.15) is 5.10 Å². The van der Waals surface area contributed by atoms with Crippen LogP contribution in [-0.4, -0.2) is 83.1 Å². The highest BCUT2D eigenvalue weighted by Crippen LogP contribution is 2.46. The fraction of sp³-hybridized carbons (Fsp3) is 0.386. The standard InChI is InChI=1S/C44H49Cl2N5O7/c1-24-18-29(19-25(2)39(24)46)57-14-9-10-31-32-11-12-35(45)38(37-27(4)47-48(6)28(37)5)41(32)51-26(3)22-50(43(52)42(31)51)36-21-30(58-17-16-56-8)20-33-34(44(53)54)23-49(40(33)36)13-15-55-7/h11-12,18-21,23,26H,9-10,13-17,22H2,1-8H3,(H,53,54)/t26-/m1/s1. The summed E-state index contributed by atoms with van der Waals surface area (Å²) in [6.45, 7) is 12.0. The molecule has 306 valence electrons. The number of carboxylic acids is 1. The first kappa shape index (κ1) is 41.2. The van der Waals surface area contributed by atoms with Crippen LogP contribution in [0.1, 0.15) is 68.3 Å². The molecule has 0 saturated heterocycles. The number of anilines is 1. The maximum atomic E-state index is 15.5. The Morgan fingerprint density at radius 2 is 1.59 bits per heavy atom. The van der Waals surface area contributed by atoms with Gasteiger partial charge in [0, 0.05) is 85.3 Å². The van der Waals surface area contributed by atoms with E-state index in [2.05, 4.69) is 11.5 Å². The van der Waals surface area contributed by atoms with Crippen molar-refractivity contribution in [2.45, 2.75) is 60.0 Å². The van der Waals surface area contributed by atoms with Crippen molar-refractivity contribution in [3.05, 3.63) is 92.0 Å². The van der Waals surface area contributed by atoms with Crippen molar-refractivity contribution in [2.75, 3.05) is 52.1 Å². The van der Waals surface area contributed by atoms with Crippen LogP contribution in [0.4, 0.5) is 5.69 Å². The monoisotopic (exact) mass is 829 g/mol. The highest BCUT2D eigenvalue weighted by atomic mass is 35.5. The van der Waals surface area contributed by atoms with Gasteiger partial charge in [0.2, 0.25) is 0 Å². The number of carbonyl (C=O) groups excluding carboxylic acids is 1. The summed E-state index contributed by atoms with van der Waals surface area (Å²) in [5.41, 5.74) is 9.00. The van der Waals surface area contributed by atoms with Gasteiger partial charge in [0.05, 0.1) is 52.8 Å². The van der Waals surface area contributed by atoms with Crippen LogP contribution in [-0.2, 0) is 29.5 Å². The summed E-state index contributed by atoms with van der Waals surface area (Å²) >= 11 is 13.6. The van der Waals surface area contributed by atoms with Crippen molar-refractivity contribution < 1.29 is 33.6 Å². The first-order chi connectivity index (χ1) is 27.8. The number of carbonyl (C=O) groups is 2. The van der Waals surface area contributed by atoms with Crippen LogP contribution in [0.5, 0.6) is 11.5 Å². The number of nitrogens with zero attached hydrogens (tertiary/aromatic N) is 5. The molecule has 0 saturated carbocycles. The molecular formula is C44H49Cl2N5O7. The van der Waals surface area contributed by atoms with Crippen LogP contribution in [0.25, 0.3) is 32.9 Å². The molecule has 58 heavy (non-hydrogen) atoms. The largest absolute Gasteiger partial charge is 0.494 e. The molecule has 14 heteroatoms. The number of aromatic carboxylic acids is 1. The van der Waals surface area contributed by atoms with Gasteiger partial charge in [-0.05, 0) is 88.4 Å². The van der Waals surface area contributed by atoms with E-state index in [1.54, 1.807) is 31.4 Å². The van der Waals surface area contributed by atoms with E-state index in [4.69, 9.17) is 47.2 Å². The Hall–Kier alpha value is -5.01. The van der Waals surface area contributed by atoms with Gasteiger partial charge >= 0.3 is 5.97 Å². The van der Waals surface area contributed by atoms with Gasteiger partial charge in [-0.15, -0.1) is 0 Å². The van der Waals surface area contributed by atoms with Gasteiger partial charge in [0.1, 0.15) is 23.8 Å². The number of rotatable bonds is 15. The third kappa shape index (κ3) is 7.31. The Morgan fingerprint density at radius 3 is 2.24 bits per heavy atom. The Balaban J connectivity index is 1.41. The Kier molecular flexibility index (Phi) is 11.8.